The molecule has 10 nitrogen and oxygen atoms in total. The summed E-state index contributed by atoms with van der Waals surface area (Å²) in [5.74, 6) is -0.456. The van der Waals surface area contributed by atoms with Crippen molar-refractivity contribution >= 4 is 28.4 Å². The van der Waals surface area contributed by atoms with Crippen LogP contribution in [0, 0.1) is 5.82 Å². The highest BCUT2D eigenvalue weighted by Gasteiger charge is 2.21. The number of carbonyl (C=O) groups excluding carboxylic acids is 2. The van der Waals surface area contributed by atoms with Crippen LogP contribution in [0.5, 0.6) is 11.8 Å². The van der Waals surface area contributed by atoms with Gasteiger partial charge in [0.15, 0.2) is 5.13 Å². The van der Waals surface area contributed by atoms with Crippen molar-refractivity contribution in [3.63, 3.8) is 0 Å². The predicted octanol–water partition coefficient (Wildman–Crippen LogP) is 2.68. The van der Waals surface area contributed by atoms with Crippen LogP contribution in [0.1, 0.15) is 21.6 Å². The number of carbonyl (C=O) groups is 2. The molecule has 0 saturated carbocycles. The fourth-order valence-electron chi connectivity index (χ4n) is 2.69. The molecule has 2 heterocycles. The number of rotatable bonds is 8. The van der Waals surface area contributed by atoms with E-state index >= 15 is 0 Å². The number of benzene rings is 1. The first-order chi connectivity index (χ1) is 15.4. The number of anilines is 1. The number of ether oxygens (including phenoxy) is 2. The topological polar surface area (TPSA) is 119 Å². The van der Waals surface area contributed by atoms with Crippen molar-refractivity contribution in [2.45, 2.75) is 13.1 Å². The molecule has 3 rings (SSSR count). The summed E-state index contributed by atoms with van der Waals surface area (Å²) in [5, 5.41) is 15.0. The molecule has 0 aliphatic heterocycles. The van der Waals surface area contributed by atoms with Crippen LogP contribution in [0.4, 0.5) is 14.3 Å². The highest BCUT2D eigenvalue weighted by molar-refractivity contribution is 7.13. The van der Waals surface area contributed by atoms with E-state index in [0.29, 0.717) is 16.4 Å². The predicted molar refractivity (Wildman–Crippen MR) is 115 cm³/mol. The standard InChI is InChI=1S/C20H21FN6O4S/c1-27(18(28)15-8-16(30-2)25-26-17(15)31-3)10-14-11-32-20(23-14)24-19(29)22-9-12-5-4-6-13(21)7-12/h4-8,11H,9-10H2,1-3H3,(H2,22,23,24,29). The maximum atomic E-state index is 13.2. The summed E-state index contributed by atoms with van der Waals surface area (Å²) in [6.45, 7) is 0.361. The zero-order chi connectivity index (χ0) is 23.1. The molecule has 2 N–H and O–H groups in total. The van der Waals surface area contributed by atoms with Gasteiger partial charge in [-0.3, -0.25) is 10.1 Å². The lowest BCUT2D eigenvalue weighted by atomic mass is 10.2. The molecule has 0 radical (unpaired) electrons. The van der Waals surface area contributed by atoms with Crippen LogP contribution >= 0.6 is 11.3 Å². The van der Waals surface area contributed by atoms with Gasteiger partial charge >= 0.3 is 6.03 Å². The number of aromatic nitrogens is 3. The number of amides is 3. The molecule has 3 amide bonds. The van der Waals surface area contributed by atoms with Gasteiger partial charge in [0.25, 0.3) is 5.91 Å². The average molecular weight is 460 g/mol. The molecule has 0 unspecified atom stereocenters. The van der Waals surface area contributed by atoms with Crippen molar-refractivity contribution < 1.29 is 23.5 Å². The zero-order valence-electron chi connectivity index (χ0n) is 17.6. The summed E-state index contributed by atoms with van der Waals surface area (Å²) < 4.78 is 23.3. The Kier molecular flexibility index (Phi) is 7.49. The molecule has 0 fully saturated rings. The number of methoxy groups -OCH3 is 2. The van der Waals surface area contributed by atoms with Crippen LogP contribution in [-0.2, 0) is 13.1 Å². The van der Waals surface area contributed by atoms with E-state index in [0.717, 1.165) is 0 Å². The molecule has 0 saturated heterocycles. The van der Waals surface area contributed by atoms with Crippen molar-refractivity contribution in [2.75, 3.05) is 26.6 Å². The number of urea groups is 1. The first kappa shape index (κ1) is 22.9. The van der Waals surface area contributed by atoms with E-state index in [1.807, 2.05) is 0 Å². The van der Waals surface area contributed by atoms with Crippen LogP contribution < -0.4 is 20.1 Å². The molecule has 0 bridgehead atoms. The molecular formula is C20H21FN6O4S. The lowest BCUT2D eigenvalue weighted by Crippen LogP contribution is -2.28. The van der Waals surface area contributed by atoms with Crippen molar-refractivity contribution in [3.05, 3.63) is 58.3 Å². The van der Waals surface area contributed by atoms with Gasteiger partial charge < -0.3 is 19.7 Å². The number of nitrogens with zero attached hydrogens (tertiary/aromatic N) is 4. The molecule has 3 aromatic rings. The summed E-state index contributed by atoms with van der Waals surface area (Å²) >= 11 is 1.22. The highest BCUT2D eigenvalue weighted by Crippen LogP contribution is 2.22. The van der Waals surface area contributed by atoms with Gasteiger partial charge in [-0.2, -0.15) is 0 Å². The normalized spacial score (nSPS) is 10.4. The maximum absolute atomic E-state index is 13.2. The largest absolute Gasteiger partial charge is 0.480 e. The molecule has 32 heavy (non-hydrogen) atoms. The fourth-order valence-corrected chi connectivity index (χ4v) is 3.39. The summed E-state index contributed by atoms with van der Waals surface area (Å²) in [7, 11) is 4.42. The van der Waals surface area contributed by atoms with Gasteiger partial charge in [-0.05, 0) is 17.7 Å². The molecule has 0 aliphatic carbocycles. The molecular weight excluding hydrogens is 439 g/mol. The lowest BCUT2D eigenvalue weighted by Gasteiger charge is -2.17. The third-order valence-corrected chi connectivity index (χ3v) is 5.04. The average Bonchev–Trinajstić information content (AvgIpc) is 3.23. The van der Waals surface area contributed by atoms with E-state index in [1.54, 1.807) is 24.6 Å². The zero-order valence-corrected chi connectivity index (χ0v) is 18.4. The van der Waals surface area contributed by atoms with E-state index in [-0.39, 0.29) is 42.1 Å². The summed E-state index contributed by atoms with van der Waals surface area (Å²) in [6, 6.07) is 6.93. The summed E-state index contributed by atoms with van der Waals surface area (Å²) in [5.41, 5.74) is 1.42. The SMILES string of the molecule is COc1cc(C(=O)N(C)Cc2csc(NC(=O)NCc3cccc(F)c3)n2)c(OC)nn1. The van der Waals surface area contributed by atoms with Crippen LogP contribution in [0.3, 0.4) is 0 Å². The van der Waals surface area contributed by atoms with Gasteiger partial charge in [-0.15, -0.1) is 21.5 Å². The van der Waals surface area contributed by atoms with Crippen molar-refractivity contribution in [3.8, 4) is 11.8 Å². The van der Waals surface area contributed by atoms with Crippen LogP contribution in [0.25, 0.3) is 0 Å². The summed E-state index contributed by atoms with van der Waals surface area (Å²) in [4.78, 5) is 30.6. The highest BCUT2D eigenvalue weighted by atomic mass is 32.1. The second kappa shape index (κ2) is 10.5. The van der Waals surface area contributed by atoms with Crippen LogP contribution in [0.15, 0.2) is 35.7 Å². The Morgan fingerprint density at radius 3 is 2.72 bits per heavy atom. The smallest absolute Gasteiger partial charge is 0.321 e. The quantitative estimate of drug-likeness (QED) is 0.531. The molecule has 0 atom stereocenters. The third kappa shape index (κ3) is 5.88. The minimum atomic E-state index is -0.473. The monoisotopic (exact) mass is 460 g/mol. The second-order valence-electron chi connectivity index (χ2n) is 6.55. The lowest BCUT2D eigenvalue weighted by molar-refractivity contribution is 0.0778. The van der Waals surface area contributed by atoms with E-state index < -0.39 is 6.03 Å². The Balaban J connectivity index is 1.57. The van der Waals surface area contributed by atoms with Crippen molar-refractivity contribution in [2.24, 2.45) is 0 Å². The Morgan fingerprint density at radius 1 is 1.19 bits per heavy atom. The number of halogens is 1. The van der Waals surface area contributed by atoms with E-state index in [2.05, 4.69) is 25.8 Å². The summed E-state index contributed by atoms with van der Waals surface area (Å²) in [6.07, 6.45) is 0. The van der Waals surface area contributed by atoms with Crippen LogP contribution in [0.2, 0.25) is 0 Å². The number of thiazole rings is 1. The Morgan fingerprint density at radius 2 is 2.00 bits per heavy atom. The third-order valence-electron chi connectivity index (χ3n) is 4.23. The molecule has 12 heteroatoms. The molecule has 2 aromatic heterocycles. The van der Waals surface area contributed by atoms with E-state index in [1.165, 1.54) is 48.7 Å². The Bertz CT molecular complexity index is 1110. The van der Waals surface area contributed by atoms with Gasteiger partial charge in [0.2, 0.25) is 11.8 Å². The molecule has 168 valence electrons. The number of hydrogen-bond acceptors (Lipinski definition) is 8. The molecule has 0 spiro atoms. The van der Waals surface area contributed by atoms with Crippen LogP contribution in [-0.4, -0.2) is 53.3 Å². The fraction of sp³-hybridized carbons (Fsp3) is 0.250. The van der Waals surface area contributed by atoms with Gasteiger partial charge in [0.1, 0.15) is 11.4 Å². The maximum Gasteiger partial charge on any atom is 0.321 e. The minimum Gasteiger partial charge on any atom is -0.480 e. The second-order valence-corrected chi connectivity index (χ2v) is 7.41. The Hall–Kier alpha value is -3.80. The van der Waals surface area contributed by atoms with E-state index in [9.17, 15) is 14.0 Å². The minimum absolute atomic E-state index is 0.0817. The molecule has 0 aliphatic rings. The number of nitrogens with one attached hydrogen (secondary N) is 2. The first-order valence-corrected chi connectivity index (χ1v) is 10.2. The van der Waals surface area contributed by atoms with Crippen molar-refractivity contribution in [1.29, 1.82) is 0 Å². The van der Waals surface area contributed by atoms with Gasteiger partial charge in [-0.25, -0.2) is 14.2 Å². The van der Waals surface area contributed by atoms with E-state index in [4.69, 9.17) is 9.47 Å². The van der Waals surface area contributed by atoms with Crippen molar-refractivity contribution in [1.82, 2.24) is 25.4 Å². The first-order valence-electron chi connectivity index (χ1n) is 9.34. The number of hydrogen-bond donors (Lipinski definition) is 2. The van der Waals surface area contributed by atoms with Gasteiger partial charge in [-0.1, -0.05) is 12.1 Å². The molecule has 1 aromatic carbocycles. The van der Waals surface area contributed by atoms with Gasteiger partial charge in [0.05, 0.1) is 26.5 Å². The van der Waals surface area contributed by atoms with Gasteiger partial charge in [0, 0.05) is 25.0 Å². The Labute approximate surface area is 187 Å².